The molecule has 0 amide bonds. The summed E-state index contributed by atoms with van der Waals surface area (Å²) in [4.78, 5) is 9.00. The van der Waals surface area contributed by atoms with E-state index in [0.717, 1.165) is 29.9 Å². The molecule has 4 heteroatoms. The maximum atomic E-state index is 5.71. The van der Waals surface area contributed by atoms with Crippen LogP contribution in [-0.4, -0.2) is 23.1 Å². The van der Waals surface area contributed by atoms with Crippen LogP contribution in [-0.2, 0) is 0 Å². The number of ether oxygens (including phenoxy) is 1. The summed E-state index contributed by atoms with van der Waals surface area (Å²) in [5.74, 6) is 2.03. The van der Waals surface area contributed by atoms with Crippen molar-refractivity contribution in [1.29, 1.82) is 0 Å². The topological polar surface area (TPSA) is 47.0 Å². The van der Waals surface area contributed by atoms with Crippen LogP contribution in [0.3, 0.4) is 0 Å². The maximum absolute atomic E-state index is 5.71. The standard InChI is InChI=1S/C17H21N3O/c1-4-18-15-12-16(21-11-10-13(2)3)20-17(19-15)14-8-6-5-7-9-14/h5-9,12H,2,4,10-11H2,1,3H3,(H,18,19,20). The summed E-state index contributed by atoms with van der Waals surface area (Å²) < 4.78 is 5.71. The van der Waals surface area contributed by atoms with E-state index in [1.54, 1.807) is 0 Å². The third-order valence-electron chi connectivity index (χ3n) is 2.87. The first-order chi connectivity index (χ1) is 10.2. The number of nitrogens with zero attached hydrogens (tertiary/aromatic N) is 2. The Morgan fingerprint density at radius 1 is 1.24 bits per heavy atom. The van der Waals surface area contributed by atoms with Gasteiger partial charge in [0.15, 0.2) is 5.82 Å². The Morgan fingerprint density at radius 3 is 2.67 bits per heavy atom. The first kappa shape index (κ1) is 15.0. The molecule has 0 aliphatic heterocycles. The molecular weight excluding hydrogens is 262 g/mol. The molecule has 2 rings (SSSR count). The summed E-state index contributed by atoms with van der Waals surface area (Å²) in [6, 6.07) is 11.7. The molecule has 1 heterocycles. The maximum Gasteiger partial charge on any atom is 0.219 e. The minimum absolute atomic E-state index is 0.576. The predicted molar refractivity (Wildman–Crippen MR) is 86.6 cm³/mol. The van der Waals surface area contributed by atoms with Crippen LogP contribution in [0.5, 0.6) is 5.88 Å². The fraction of sp³-hybridized carbons (Fsp3) is 0.294. The molecule has 1 aromatic heterocycles. The second-order valence-electron chi connectivity index (χ2n) is 4.87. The molecule has 2 aromatic rings. The second kappa shape index (κ2) is 7.43. The SMILES string of the molecule is C=C(C)CCOc1cc(NCC)nc(-c2ccccc2)n1. The van der Waals surface area contributed by atoms with E-state index in [-0.39, 0.29) is 0 Å². The second-order valence-corrected chi connectivity index (χ2v) is 4.87. The van der Waals surface area contributed by atoms with E-state index in [0.29, 0.717) is 18.3 Å². The van der Waals surface area contributed by atoms with Crippen LogP contribution in [0.1, 0.15) is 20.3 Å². The van der Waals surface area contributed by atoms with Gasteiger partial charge in [0, 0.05) is 24.6 Å². The van der Waals surface area contributed by atoms with Crippen molar-refractivity contribution in [3.8, 4) is 17.3 Å². The van der Waals surface area contributed by atoms with Gasteiger partial charge in [0.2, 0.25) is 5.88 Å². The summed E-state index contributed by atoms with van der Waals surface area (Å²) in [6.45, 7) is 9.27. The monoisotopic (exact) mass is 283 g/mol. The van der Waals surface area contributed by atoms with E-state index in [1.165, 1.54) is 0 Å². The van der Waals surface area contributed by atoms with Crippen LogP contribution in [0.25, 0.3) is 11.4 Å². The first-order valence-electron chi connectivity index (χ1n) is 7.14. The lowest BCUT2D eigenvalue weighted by molar-refractivity contribution is 0.309. The zero-order valence-corrected chi connectivity index (χ0v) is 12.6. The van der Waals surface area contributed by atoms with E-state index in [2.05, 4.69) is 21.9 Å². The van der Waals surface area contributed by atoms with Crippen molar-refractivity contribution in [2.75, 3.05) is 18.5 Å². The summed E-state index contributed by atoms with van der Waals surface area (Å²) in [5, 5.41) is 3.21. The Balaban J connectivity index is 2.24. The van der Waals surface area contributed by atoms with Crippen molar-refractivity contribution in [2.24, 2.45) is 0 Å². The Bertz CT molecular complexity index is 596. The van der Waals surface area contributed by atoms with Crippen LogP contribution in [0.4, 0.5) is 5.82 Å². The van der Waals surface area contributed by atoms with Crippen molar-refractivity contribution in [2.45, 2.75) is 20.3 Å². The van der Waals surface area contributed by atoms with Gasteiger partial charge in [-0.2, -0.15) is 4.98 Å². The quantitative estimate of drug-likeness (QED) is 0.782. The van der Waals surface area contributed by atoms with Crippen molar-refractivity contribution < 1.29 is 4.74 Å². The zero-order chi connectivity index (χ0) is 15.1. The average molecular weight is 283 g/mol. The fourth-order valence-electron chi connectivity index (χ4n) is 1.82. The number of hydrogen-bond donors (Lipinski definition) is 1. The van der Waals surface area contributed by atoms with Crippen molar-refractivity contribution in [3.05, 3.63) is 48.6 Å². The summed E-state index contributed by atoms with van der Waals surface area (Å²) in [7, 11) is 0. The van der Waals surface area contributed by atoms with Gasteiger partial charge < -0.3 is 10.1 Å². The molecule has 4 nitrogen and oxygen atoms in total. The van der Waals surface area contributed by atoms with Gasteiger partial charge in [-0.15, -0.1) is 6.58 Å². The third kappa shape index (κ3) is 4.60. The van der Waals surface area contributed by atoms with Crippen molar-refractivity contribution >= 4 is 5.82 Å². The van der Waals surface area contributed by atoms with Crippen molar-refractivity contribution in [1.82, 2.24) is 9.97 Å². The van der Waals surface area contributed by atoms with Crippen LogP contribution >= 0.6 is 0 Å². The van der Waals surface area contributed by atoms with E-state index in [9.17, 15) is 0 Å². The molecule has 0 spiro atoms. The van der Waals surface area contributed by atoms with E-state index >= 15 is 0 Å². The number of aromatic nitrogens is 2. The van der Waals surface area contributed by atoms with Gasteiger partial charge in [-0.3, -0.25) is 0 Å². The number of hydrogen-bond acceptors (Lipinski definition) is 4. The van der Waals surface area contributed by atoms with Gasteiger partial charge in [0.25, 0.3) is 0 Å². The molecule has 1 aromatic carbocycles. The summed E-state index contributed by atoms with van der Waals surface area (Å²) >= 11 is 0. The Morgan fingerprint density at radius 2 is 2.00 bits per heavy atom. The minimum Gasteiger partial charge on any atom is -0.477 e. The molecule has 1 N–H and O–H groups in total. The normalized spacial score (nSPS) is 10.2. The lowest BCUT2D eigenvalue weighted by Crippen LogP contribution is -2.05. The number of nitrogens with one attached hydrogen (secondary N) is 1. The molecule has 0 saturated carbocycles. The van der Waals surface area contributed by atoms with Gasteiger partial charge in [-0.1, -0.05) is 35.9 Å². The highest BCUT2D eigenvalue weighted by molar-refractivity contribution is 5.58. The number of anilines is 1. The molecule has 110 valence electrons. The molecule has 0 fully saturated rings. The molecule has 0 bridgehead atoms. The summed E-state index contributed by atoms with van der Waals surface area (Å²) in [5.41, 5.74) is 2.07. The molecule has 0 aliphatic rings. The van der Waals surface area contributed by atoms with E-state index in [4.69, 9.17) is 4.74 Å². The minimum atomic E-state index is 0.576. The highest BCUT2D eigenvalue weighted by Crippen LogP contribution is 2.21. The van der Waals surface area contributed by atoms with E-state index in [1.807, 2.05) is 50.2 Å². The largest absolute Gasteiger partial charge is 0.477 e. The Kier molecular flexibility index (Phi) is 5.32. The van der Waals surface area contributed by atoms with Gasteiger partial charge in [0.05, 0.1) is 6.61 Å². The lowest BCUT2D eigenvalue weighted by atomic mass is 10.2. The van der Waals surface area contributed by atoms with E-state index < -0.39 is 0 Å². The van der Waals surface area contributed by atoms with Crippen LogP contribution in [0, 0.1) is 0 Å². The fourth-order valence-corrected chi connectivity index (χ4v) is 1.82. The lowest BCUT2D eigenvalue weighted by Gasteiger charge is -2.10. The molecule has 0 atom stereocenters. The first-order valence-corrected chi connectivity index (χ1v) is 7.14. The number of rotatable bonds is 7. The van der Waals surface area contributed by atoms with Crippen LogP contribution in [0.15, 0.2) is 48.6 Å². The molecular formula is C17H21N3O. The van der Waals surface area contributed by atoms with Gasteiger partial charge in [0.1, 0.15) is 5.82 Å². The molecule has 0 saturated heterocycles. The van der Waals surface area contributed by atoms with Gasteiger partial charge in [-0.25, -0.2) is 4.98 Å². The van der Waals surface area contributed by atoms with Crippen LogP contribution in [0.2, 0.25) is 0 Å². The number of benzene rings is 1. The smallest absolute Gasteiger partial charge is 0.219 e. The van der Waals surface area contributed by atoms with Gasteiger partial charge in [-0.05, 0) is 13.8 Å². The molecule has 0 aliphatic carbocycles. The Hall–Kier alpha value is -2.36. The zero-order valence-electron chi connectivity index (χ0n) is 12.6. The predicted octanol–water partition coefficient (Wildman–Crippen LogP) is 3.92. The third-order valence-corrected chi connectivity index (χ3v) is 2.87. The highest BCUT2D eigenvalue weighted by Gasteiger charge is 2.07. The molecule has 0 radical (unpaired) electrons. The molecule has 0 unspecified atom stereocenters. The highest BCUT2D eigenvalue weighted by atomic mass is 16.5. The van der Waals surface area contributed by atoms with Crippen LogP contribution < -0.4 is 10.1 Å². The summed E-state index contributed by atoms with van der Waals surface area (Å²) in [6.07, 6.45) is 0.821. The molecule has 21 heavy (non-hydrogen) atoms. The average Bonchev–Trinajstić information content (AvgIpc) is 2.48. The Labute approximate surface area is 125 Å². The van der Waals surface area contributed by atoms with Crippen molar-refractivity contribution in [3.63, 3.8) is 0 Å². The van der Waals surface area contributed by atoms with Gasteiger partial charge >= 0.3 is 0 Å².